The molecule has 3 rings (SSSR count). The highest BCUT2D eigenvalue weighted by atomic mass is 16.5. The lowest BCUT2D eigenvalue weighted by molar-refractivity contribution is 0.0673. The highest BCUT2D eigenvalue weighted by molar-refractivity contribution is 5.52. The molecular formula is C18H21NO2. The zero-order valence-electron chi connectivity index (χ0n) is 12.6. The molecule has 21 heavy (non-hydrogen) atoms. The Bertz CT molecular complexity index is 612. The van der Waals surface area contributed by atoms with Gasteiger partial charge in [0.2, 0.25) is 0 Å². The van der Waals surface area contributed by atoms with Gasteiger partial charge in [-0.25, -0.2) is 0 Å². The van der Waals surface area contributed by atoms with E-state index in [0.717, 1.165) is 25.4 Å². The van der Waals surface area contributed by atoms with E-state index in [1.54, 1.807) is 7.11 Å². The zero-order chi connectivity index (χ0) is 14.7. The Morgan fingerprint density at radius 1 is 1.14 bits per heavy atom. The largest absolute Gasteiger partial charge is 0.497 e. The number of rotatable bonds is 2. The van der Waals surface area contributed by atoms with Crippen molar-refractivity contribution in [1.29, 1.82) is 0 Å². The van der Waals surface area contributed by atoms with E-state index in [2.05, 4.69) is 48.2 Å². The molecule has 0 saturated carbocycles. The fraction of sp³-hybridized carbons (Fsp3) is 0.333. The van der Waals surface area contributed by atoms with Gasteiger partial charge in [0.05, 0.1) is 19.8 Å². The summed E-state index contributed by atoms with van der Waals surface area (Å²) < 4.78 is 11.3. The van der Waals surface area contributed by atoms with E-state index in [-0.39, 0.29) is 6.10 Å². The maximum absolute atomic E-state index is 5.94. The van der Waals surface area contributed by atoms with Crippen LogP contribution in [0.5, 0.6) is 5.75 Å². The van der Waals surface area contributed by atoms with Crippen molar-refractivity contribution in [3.05, 3.63) is 59.7 Å². The molecule has 0 aliphatic carbocycles. The highest BCUT2D eigenvalue weighted by Gasteiger charge is 2.18. The third kappa shape index (κ3) is 3.03. The number of anilines is 1. The summed E-state index contributed by atoms with van der Waals surface area (Å²) >= 11 is 0. The monoisotopic (exact) mass is 283 g/mol. The fourth-order valence-electron chi connectivity index (χ4n) is 2.82. The lowest BCUT2D eigenvalue weighted by Gasteiger charge is -2.30. The number of fused-ring (bicyclic) bond motifs is 1. The van der Waals surface area contributed by atoms with Gasteiger partial charge in [0.25, 0.3) is 0 Å². The Hall–Kier alpha value is -2.00. The van der Waals surface area contributed by atoms with Crippen molar-refractivity contribution >= 4 is 5.69 Å². The average molecular weight is 283 g/mol. The predicted octanol–water partition coefficient (Wildman–Crippen LogP) is 3.79. The van der Waals surface area contributed by atoms with Crippen LogP contribution >= 0.6 is 0 Å². The summed E-state index contributed by atoms with van der Waals surface area (Å²) in [6.45, 7) is 4.63. The minimum Gasteiger partial charge on any atom is -0.497 e. The summed E-state index contributed by atoms with van der Waals surface area (Å²) in [4.78, 5) is 2.34. The third-order valence-corrected chi connectivity index (χ3v) is 4.00. The van der Waals surface area contributed by atoms with Crippen LogP contribution in [0, 0.1) is 0 Å². The normalized spacial score (nSPS) is 18.6. The van der Waals surface area contributed by atoms with E-state index in [4.69, 9.17) is 9.47 Å². The molecule has 1 unspecified atom stereocenters. The molecular weight excluding hydrogens is 262 g/mol. The molecule has 2 aromatic carbocycles. The zero-order valence-corrected chi connectivity index (χ0v) is 12.6. The van der Waals surface area contributed by atoms with E-state index in [1.807, 2.05) is 12.1 Å². The van der Waals surface area contributed by atoms with Crippen molar-refractivity contribution in [2.75, 3.05) is 25.2 Å². The molecule has 0 spiro atoms. The molecule has 1 heterocycles. The van der Waals surface area contributed by atoms with Gasteiger partial charge in [0, 0.05) is 24.8 Å². The fourth-order valence-corrected chi connectivity index (χ4v) is 2.82. The molecule has 110 valence electrons. The van der Waals surface area contributed by atoms with Crippen molar-refractivity contribution in [3.8, 4) is 5.75 Å². The molecule has 0 N–H and O–H groups in total. The van der Waals surface area contributed by atoms with Crippen LogP contribution in [0.15, 0.2) is 48.5 Å². The summed E-state index contributed by atoms with van der Waals surface area (Å²) in [5.41, 5.74) is 3.78. The first-order chi connectivity index (χ1) is 10.3. The first kappa shape index (κ1) is 14.0. The SMILES string of the molecule is COc1cccc(N2CCOC(C)c3ccccc3C2)c1. The quantitative estimate of drug-likeness (QED) is 0.837. The third-order valence-electron chi connectivity index (χ3n) is 4.00. The standard InChI is InChI=1S/C18H21NO2/c1-14-18-9-4-3-6-15(18)13-19(10-11-21-14)16-7-5-8-17(12-16)20-2/h3-9,12,14H,10-11,13H2,1-2H3. The van der Waals surface area contributed by atoms with Crippen LogP contribution in [-0.2, 0) is 11.3 Å². The van der Waals surface area contributed by atoms with Crippen LogP contribution in [0.3, 0.4) is 0 Å². The van der Waals surface area contributed by atoms with E-state index in [0.29, 0.717) is 0 Å². The molecule has 3 heteroatoms. The number of nitrogens with zero attached hydrogens (tertiary/aromatic N) is 1. The summed E-state index contributed by atoms with van der Waals surface area (Å²) in [6, 6.07) is 16.7. The van der Waals surface area contributed by atoms with Gasteiger partial charge in [-0.05, 0) is 30.2 Å². The molecule has 0 fully saturated rings. The van der Waals surface area contributed by atoms with Crippen LogP contribution in [-0.4, -0.2) is 20.3 Å². The Morgan fingerprint density at radius 2 is 2.00 bits per heavy atom. The molecule has 0 radical (unpaired) electrons. The Kier molecular flexibility index (Phi) is 4.11. The van der Waals surface area contributed by atoms with Gasteiger partial charge in [0.1, 0.15) is 5.75 Å². The predicted molar refractivity (Wildman–Crippen MR) is 84.9 cm³/mol. The van der Waals surface area contributed by atoms with Crippen molar-refractivity contribution in [3.63, 3.8) is 0 Å². The molecule has 1 aliphatic heterocycles. The van der Waals surface area contributed by atoms with Crippen molar-refractivity contribution in [2.24, 2.45) is 0 Å². The molecule has 2 aromatic rings. The minimum absolute atomic E-state index is 0.161. The number of hydrogen-bond donors (Lipinski definition) is 0. The number of ether oxygens (including phenoxy) is 2. The number of hydrogen-bond acceptors (Lipinski definition) is 3. The van der Waals surface area contributed by atoms with Gasteiger partial charge in [0.15, 0.2) is 0 Å². The van der Waals surface area contributed by atoms with E-state index in [1.165, 1.54) is 16.8 Å². The Balaban J connectivity index is 1.92. The number of benzene rings is 2. The molecule has 0 bridgehead atoms. The molecule has 1 aliphatic rings. The van der Waals surface area contributed by atoms with Gasteiger partial charge in [-0.15, -0.1) is 0 Å². The first-order valence-corrected chi connectivity index (χ1v) is 7.36. The van der Waals surface area contributed by atoms with E-state index < -0.39 is 0 Å². The van der Waals surface area contributed by atoms with Crippen molar-refractivity contribution < 1.29 is 9.47 Å². The van der Waals surface area contributed by atoms with Crippen molar-refractivity contribution in [1.82, 2.24) is 0 Å². The maximum atomic E-state index is 5.94. The molecule has 0 aromatic heterocycles. The summed E-state index contributed by atoms with van der Waals surface area (Å²) in [7, 11) is 1.70. The molecule has 0 saturated heterocycles. The van der Waals surface area contributed by atoms with E-state index >= 15 is 0 Å². The van der Waals surface area contributed by atoms with Gasteiger partial charge < -0.3 is 14.4 Å². The van der Waals surface area contributed by atoms with Crippen LogP contribution in [0.2, 0.25) is 0 Å². The average Bonchev–Trinajstić information content (AvgIpc) is 2.52. The molecule has 0 amide bonds. The van der Waals surface area contributed by atoms with E-state index in [9.17, 15) is 0 Å². The minimum atomic E-state index is 0.161. The topological polar surface area (TPSA) is 21.7 Å². The second kappa shape index (κ2) is 6.19. The first-order valence-electron chi connectivity index (χ1n) is 7.36. The summed E-state index contributed by atoms with van der Waals surface area (Å²) in [6.07, 6.45) is 0.161. The van der Waals surface area contributed by atoms with Crippen LogP contribution in [0.4, 0.5) is 5.69 Å². The Morgan fingerprint density at radius 3 is 2.86 bits per heavy atom. The van der Waals surface area contributed by atoms with Gasteiger partial charge in [-0.2, -0.15) is 0 Å². The summed E-state index contributed by atoms with van der Waals surface area (Å²) in [5, 5.41) is 0. The van der Waals surface area contributed by atoms with Gasteiger partial charge in [-0.1, -0.05) is 30.3 Å². The second-order valence-electron chi connectivity index (χ2n) is 5.33. The maximum Gasteiger partial charge on any atom is 0.120 e. The Labute approximate surface area is 126 Å². The highest BCUT2D eigenvalue weighted by Crippen LogP contribution is 2.28. The molecule has 3 nitrogen and oxygen atoms in total. The van der Waals surface area contributed by atoms with Crippen LogP contribution in [0.25, 0.3) is 0 Å². The van der Waals surface area contributed by atoms with Crippen LogP contribution < -0.4 is 9.64 Å². The number of methoxy groups -OCH3 is 1. The molecule has 1 atom stereocenters. The smallest absolute Gasteiger partial charge is 0.120 e. The lowest BCUT2D eigenvalue weighted by Crippen LogP contribution is -2.30. The van der Waals surface area contributed by atoms with Gasteiger partial charge in [-0.3, -0.25) is 0 Å². The van der Waals surface area contributed by atoms with Gasteiger partial charge >= 0.3 is 0 Å². The second-order valence-corrected chi connectivity index (χ2v) is 5.33. The summed E-state index contributed by atoms with van der Waals surface area (Å²) in [5.74, 6) is 0.886. The van der Waals surface area contributed by atoms with Crippen LogP contribution in [0.1, 0.15) is 24.2 Å². The lowest BCUT2D eigenvalue weighted by atomic mass is 10.0. The van der Waals surface area contributed by atoms with Crippen molar-refractivity contribution in [2.45, 2.75) is 19.6 Å².